The van der Waals surface area contributed by atoms with Gasteiger partial charge in [0.1, 0.15) is 0 Å². The number of esters is 1. The molecule has 3 heteroatoms. The lowest BCUT2D eigenvalue weighted by molar-refractivity contribution is -0.140. The number of aliphatic hydroxyl groups is 1. The maximum atomic E-state index is 10.9. The van der Waals surface area contributed by atoms with E-state index in [1.165, 1.54) is 31.9 Å². The van der Waals surface area contributed by atoms with Crippen LogP contribution in [0.1, 0.15) is 58.3 Å². The second kappa shape index (κ2) is 13.3. The first kappa shape index (κ1) is 17.9. The second-order valence-corrected chi connectivity index (χ2v) is 4.79. The van der Waals surface area contributed by atoms with Crippen molar-refractivity contribution >= 4 is 5.97 Å². The van der Waals surface area contributed by atoms with Crippen LogP contribution in [0, 0.1) is 0 Å². The predicted molar refractivity (Wildman–Crippen MR) is 78.9 cm³/mol. The van der Waals surface area contributed by atoms with Gasteiger partial charge in [-0.15, -0.1) is 0 Å². The molecule has 0 saturated carbocycles. The molecule has 0 saturated heterocycles. The zero-order valence-electron chi connectivity index (χ0n) is 12.4. The molecule has 3 nitrogen and oxygen atoms in total. The van der Waals surface area contributed by atoms with Crippen molar-refractivity contribution in [2.75, 3.05) is 13.7 Å². The SMILES string of the molecule is COC(=O)CCCCCCC/C=C/C/C(C)=C/CO. The third kappa shape index (κ3) is 13.1. The van der Waals surface area contributed by atoms with Gasteiger partial charge in [0.2, 0.25) is 0 Å². The summed E-state index contributed by atoms with van der Waals surface area (Å²) in [5.41, 5.74) is 1.21. The highest BCUT2D eigenvalue weighted by Crippen LogP contribution is 2.09. The van der Waals surface area contributed by atoms with E-state index in [2.05, 4.69) is 16.9 Å². The standard InChI is InChI=1S/C16H28O3/c1-15(13-14-17)11-9-7-5-3-4-6-8-10-12-16(18)19-2/h7,9,13,17H,3-6,8,10-12,14H2,1-2H3/b9-7+,15-13+. The fourth-order valence-electron chi connectivity index (χ4n) is 1.79. The van der Waals surface area contributed by atoms with Crippen LogP contribution in [0.4, 0.5) is 0 Å². The fourth-order valence-corrected chi connectivity index (χ4v) is 1.79. The van der Waals surface area contributed by atoms with E-state index in [1.54, 1.807) is 0 Å². The van der Waals surface area contributed by atoms with Gasteiger partial charge in [-0.05, 0) is 32.6 Å². The molecule has 0 aliphatic heterocycles. The van der Waals surface area contributed by atoms with Crippen LogP contribution in [0.2, 0.25) is 0 Å². The maximum absolute atomic E-state index is 10.9. The summed E-state index contributed by atoms with van der Waals surface area (Å²) in [5.74, 6) is -0.103. The molecule has 0 aromatic heterocycles. The Morgan fingerprint density at radius 3 is 2.47 bits per heavy atom. The lowest BCUT2D eigenvalue weighted by atomic mass is 10.1. The molecule has 0 spiro atoms. The summed E-state index contributed by atoms with van der Waals surface area (Å²) in [6.07, 6.45) is 14.5. The van der Waals surface area contributed by atoms with Gasteiger partial charge in [-0.1, -0.05) is 43.1 Å². The Hall–Kier alpha value is -1.09. The summed E-state index contributed by atoms with van der Waals surface area (Å²) in [4.78, 5) is 10.9. The number of rotatable bonds is 11. The summed E-state index contributed by atoms with van der Waals surface area (Å²) in [5, 5.41) is 8.70. The number of ether oxygens (including phenoxy) is 1. The summed E-state index contributed by atoms with van der Waals surface area (Å²) in [7, 11) is 1.44. The minimum Gasteiger partial charge on any atom is -0.469 e. The predicted octanol–water partition coefficient (Wildman–Crippen LogP) is 3.78. The third-order valence-corrected chi connectivity index (χ3v) is 3.03. The Bertz CT molecular complexity index is 280. The zero-order valence-corrected chi connectivity index (χ0v) is 12.4. The molecule has 0 aliphatic rings. The molecule has 0 heterocycles. The van der Waals surface area contributed by atoms with Crippen LogP contribution < -0.4 is 0 Å². The topological polar surface area (TPSA) is 46.5 Å². The van der Waals surface area contributed by atoms with Gasteiger partial charge in [-0.3, -0.25) is 4.79 Å². The van der Waals surface area contributed by atoms with Gasteiger partial charge < -0.3 is 9.84 Å². The highest BCUT2D eigenvalue weighted by molar-refractivity contribution is 5.68. The Balaban J connectivity index is 3.29. The molecule has 0 fully saturated rings. The fraction of sp³-hybridized carbons (Fsp3) is 0.688. The van der Waals surface area contributed by atoms with Crippen molar-refractivity contribution in [3.8, 4) is 0 Å². The molecule has 0 bridgehead atoms. The lowest BCUT2D eigenvalue weighted by Crippen LogP contribution is -1.98. The van der Waals surface area contributed by atoms with Crippen LogP contribution >= 0.6 is 0 Å². The molecule has 1 N–H and O–H groups in total. The van der Waals surface area contributed by atoms with Crippen LogP contribution in [0.5, 0.6) is 0 Å². The normalized spacial score (nSPS) is 12.1. The summed E-state index contributed by atoms with van der Waals surface area (Å²) in [6.45, 7) is 2.16. The van der Waals surface area contributed by atoms with Gasteiger partial charge in [-0.2, -0.15) is 0 Å². The van der Waals surface area contributed by atoms with Crippen LogP contribution in [0.3, 0.4) is 0 Å². The summed E-state index contributed by atoms with van der Waals surface area (Å²) in [6, 6.07) is 0. The van der Waals surface area contributed by atoms with E-state index in [9.17, 15) is 4.79 Å². The van der Waals surface area contributed by atoms with Crippen LogP contribution in [-0.2, 0) is 9.53 Å². The largest absolute Gasteiger partial charge is 0.469 e. The zero-order chi connectivity index (χ0) is 14.3. The highest BCUT2D eigenvalue weighted by Gasteiger charge is 1.98. The molecular formula is C16H28O3. The van der Waals surface area contributed by atoms with Crippen molar-refractivity contribution in [1.82, 2.24) is 0 Å². The van der Waals surface area contributed by atoms with Crippen LogP contribution in [0.25, 0.3) is 0 Å². The number of carbonyl (C=O) groups excluding carboxylic acids is 1. The molecule has 0 radical (unpaired) electrons. The number of hydrogen-bond acceptors (Lipinski definition) is 3. The number of carbonyl (C=O) groups is 1. The van der Waals surface area contributed by atoms with E-state index in [4.69, 9.17) is 5.11 Å². The minimum absolute atomic E-state index is 0.103. The Morgan fingerprint density at radius 1 is 1.11 bits per heavy atom. The average molecular weight is 268 g/mol. The monoisotopic (exact) mass is 268 g/mol. The van der Waals surface area contributed by atoms with Crippen molar-refractivity contribution in [2.24, 2.45) is 0 Å². The molecule has 0 atom stereocenters. The van der Waals surface area contributed by atoms with Crippen molar-refractivity contribution in [2.45, 2.75) is 58.3 Å². The van der Waals surface area contributed by atoms with E-state index in [0.717, 1.165) is 25.7 Å². The lowest BCUT2D eigenvalue weighted by Gasteiger charge is -2.00. The first-order valence-electron chi connectivity index (χ1n) is 7.19. The van der Waals surface area contributed by atoms with Crippen molar-refractivity contribution < 1.29 is 14.6 Å². The smallest absolute Gasteiger partial charge is 0.305 e. The van der Waals surface area contributed by atoms with E-state index in [0.29, 0.717) is 6.42 Å². The van der Waals surface area contributed by atoms with E-state index >= 15 is 0 Å². The van der Waals surface area contributed by atoms with Gasteiger partial charge in [0.15, 0.2) is 0 Å². The second-order valence-electron chi connectivity index (χ2n) is 4.79. The van der Waals surface area contributed by atoms with E-state index in [1.807, 2.05) is 13.0 Å². The number of allylic oxidation sites excluding steroid dienone is 3. The molecular weight excluding hydrogens is 240 g/mol. The number of hydrogen-bond donors (Lipinski definition) is 1. The summed E-state index contributed by atoms with van der Waals surface area (Å²) < 4.78 is 4.59. The highest BCUT2D eigenvalue weighted by atomic mass is 16.5. The molecule has 0 unspecified atom stereocenters. The minimum atomic E-state index is -0.103. The first-order chi connectivity index (χ1) is 9.20. The van der Waals surface area contributed by atoms with E-state index in [-0.39, 0.29) is 12.6 Å². The van der Waals surface area contributed by atoms with E-state index < -0.39 is 0 Å². The number of unbranched alkanes of at least 4 members (excludes halogenated alkanes) is 5. The molecule has 0 amide bonds. The molecule has 0 rings (SSSR count). The van der Waals surface area contributed by atoms with Gasteiger partial charge in [0.05, 0.1) is 13.7 Å². The Kier molecular flexibility index (Phi) is 12.6. The third-order valence-electron chi connectivity index (χ3n) is 3.03. The van der Waals surface area contributed by atoms with Crippen LogP contribution in [0.15, 0.2) is 23.8 Å². The average Bonchev–Trinajstić information content (AvgIpc) is 2.40. The molecule has 19 heavy (non-hydrogen) atoms. The maximum Gasteiger partial charge on any atom is 0.305 e. The molecule has 0 aromatic rings. The molecule has 110 valence electrons. The van der Waals surface area contributed by atoms with Gasteiger partial charge in [-0.25, -0.2) is 0 Å². The summed E-state index contributed by atoms with van der Waals surface area (Å²) >= 11 is 0. The molecule has 0 aromatic carbocycles. The number of aliphatic hydroxyl groups excluding tert-OH is 1. The first-order valence-corrected chi connectivity index (χ1v) is 7.19. The number of methoxy groups -OCH3 is 1. The van der Waals surface area contributed by atoms with Gasteiger partial charge >= 0.3 is 5.97 Å². The van der Waals surface area contributed by atoms with Crippen LogP contribution in [-0.4, -0.2) is 24.8 Å². The Labute approximate surface area is 117 Å². The Morgan fingerprint density at radius 2 is 1.79 bits per heavy atom. The van der Waals surface area contributed by atoms with Crippen molar-refractivity contribution in [1.29, 1.82) is 0 Å². The van der Waals surface area contributed by atoms with Crippen molar-refractivity contribution in [3.63, 3.8) is 0 Å². The quantitative estimate of drug-likeness (QED) is 0.352. The molecule has 0 aliphatic carbocycles. The van der Waals surface area contributed by atoms with Gasteiger partial charge in [0, 0.05) is 6.42 Å². The van der Waals surface area contributed by atoms with Crippen molar-refractivity contribution in [3.05, 3.63) is 23.8 Å². The van der Waals surface area contributed by atoms with Gasteiger partial charge in [0.25, 0.3) is 0 Å².